The molecule has 1 aliphatic heterocycles. The first kappa shape index (κ1) is 22.0. The van der Waals surface area contributed by atoms with Crippen molar-refractivity contribution >= 4 is 33.4 Å². The number of hydrogen-bond donors (Lipinski definition) is 1. The zero-order valence-corrected chi connectivity index (χ0v) is 19.0. The zero-order chi connectivity index (χ0) is 23.0. The molecule has 164 valence electrons. The second kappa shape index (κ2) is 8.41. The number of nitrogens with one attached hydrogen (secondary N) is 1. The first-order chi connectivity index (χ1) is 15.2. The van der Waals surface area contributed by atoms with Crippen molar-refractivity contribution in [1.29, 1.82) is 0 Å². The van der Waals surface area contributed by atoms with Gasteiger partial charge in [-0.1, -0.05) is 54.1 Å². The van der Waals surface area contributed by atoms with Crippen molar-refractivity contribution in [1.82, 2.24) is 9.62 Å². The highest BCUT2D eigenvalue weighted by Gasteiger charge is 2.43. The Balaban J connectivity index is 1.71. The molecule has 3 aromatic carbocycles. The number of carbonyl (C=O) groups is 2. The van der Waals surface area contributed by atoms with Crippen molar-refractivity contribution in [3.8, 4) is 0 Å². The van der Waals surface area contributed by atoms with Crippen LogP contribution in [0.5, 0.6) is 0 Å². The zero-order valence-electron chi connectivity index (χ0n) is 17.4. The highest BCUT2D eigenvalue weighted by molar-refractivity contribution is 7.90. The molecule has 1 N–H and O–H groups in total. The summed E-state index contributed by atoms with van der Waals surface area (Å²) in [5, 5.41) is 3.50. The van der Waals surface area contributed by atoms with Crippen LogP contribution >= 0.6 is 11.6 Å². The van der Waals surface area contributed by atoms with E-state index in [0.717, 1.165) is 15.4 Å². The summed E-state index contributed by atoms with van der Waals surface area (Å²) in [6.07, 6.45) is 0. The van der Waals surface area contributed by atoms with Crippen LogP contribution in [0.3, 0.4) is 0 Å². The number of nitrogens with zero attached hydrogens (tertiary/aromatic N) is 1. The molecule has 0 fully saturated rings. The quantitative estimate of drug-likeness (QED) is 0.601. The number of amides is 2. The number of rotatable bonds is 5. The minimum Gasteiger partial charge on any atom is -0.341 e. The molecular formula is C24H21ClN2O4S. The smallest absolute Gasteiger partial charge is 0.269 e. The average molecular weight is 469 g/mol. The second-order valence-corrected chi connectivity index (χ2v) is 10.0. The van der Waals surface area contributed by atoms with Gasteiger partial charge in [0.15, 0.2) is 0 Å². The first-order valence-electron chi connectivity index (χ1n) is 10.0. The molecule has 1 unspecified atom stereocenters. The summed E-state index contributed by atoms with van der Waals surface area (Å²) >= 11 is 6.16. The van der Waals surface area contributed by atoms with Crippen LogP contribution in [0.25, 0.3) is 0 Å². The standard InChI is InChI=1S/C24H21ClN2O4S/c1-15(2)27-24(29)20-12-11-18(14-21(20)32(27,30)31)23(28)26-22(16-7-4-3-5-8-16)17-9-6-10-19(25)13-17/h3-15,22H,1-2H3,(H,26,28). The Morgan fingerprint density at radius 2 is 1.62 bits per heavy atom. The van der Waals surface area contributed by atoms with Gasteiger partial charge in [0.1, 0.15) is 4.90 Å². The lowest BCUT2D eigenvalue weighted by atomic mass is 9.98. The van der Waals surface area contributed by atoms with E-state index >= 15 is 0 Å². The van der Waals surface area contributed by atoms with E-state index in [1.54, 1.807) is 32.0 Å². The summed E-state index contributed by atoms with van der Waals surface area (Å²) in [6, 6.07) is 19.7. The predicted octanol–water partition coefficient (Wildman–Crippen LogP) is 4.41. The van der Waals surface area contributed by atoms with Crippen LogP contribution < -0.4 is 5.32 Å². The Kier molecular flexibility index (Phi) is 5.79. The number of halogens is 1. The van der Waals surface area contributed by atoms with E-state index in [2.05, 4.69) is 5.32 Å². The first-order valence-corrected chi connectivity index (χ1v) is 11.9. The third-order valence-electron chi connectivity index (χ3n) is 5.27. The summed E-state index contributed by atoms with van der Waals surface area (Å²) in [6.45, 7) is 3.26. The van der Waals surface area contributed by atoms with Crippen LogP contribution in [-0.4, -0.2) is 30.6 Å². The Hall–Kier alpha value is -3.16. The van der Waals surface area contributed by atoms with Crippen LogP contribution in [-0.2, 0) is 10.0 Å². The lowest BCUT2D eigenvalue weighted by molar-refractivity contribution is 0.0845. The van der Waals surface area contributed by atoms with Crippen molar-refractivity contribution < 1.29 is 18.0 Å². The van der Waals surface area contributed by atoms with Gasteiger partial charge in [0.05, 0.1) is 11.6 Å². The summed E-state index contributed by atoms with van der Waals surface area (Å²) in [5.41, 5.74) is 1.85. The molecule has 1 aliphatic rings. The summed E-state index contributed by atoms with van der Waals surface area (Å²) in [5.74, 6) is -1.05. The fourth-order valence-electron chi connectivity index (χ4n) is 3.80. The van der Waals surface area contributed by atoms with E-state index in [1.165, 1.54) is 18.2 Å². The third kappa shape index (κ3) is 3.89. The van der Waals surface area contributed by atoms with E-state index in [4.69, 9.17) is 11.6 Å². The number of sulfonamides is 1. The minimum absolute atomic E-state index is 0.0738. The molecule has 2 amide bonds. The van der Waals surface area contributed by atoms with E-state index in [1.807, 2.05) is 36.4 Å². The van der Waals surface area contributed by atoms with Gasteiger partial charge in [0, 0.05) is 16.6 Å². The molecule has 0 saturated heterocycles. The summed E-state index contributed by atoms with van der Waals surface area (Å²) in [7, 11) is -4.00. The Labute approximate surface area is 191 Å². The summed E-state index contributed by atoms with van der Waals surface area (Å²) < 4.78 is 26.6. The number of fused-ring (bicyclic) bond motifs is 1. The fourth-order valence-corrected chi connectivity index (χ4v) is 5.80. The fraction of sp³-hybridized carbons (Fsp3) is 0.167. The molecule has 0 saturated carbocycles. The van der Waals surface area contributed by atoms with Gasteiger partial charge >= 0.3 is 0 Å². The van der Waals surface area contributed by atoms with Crippen LogP contribution in [0.15, 0.2) is 77.7 Å². The largest absolute Gasteiger partial charge is 0.341 e. The van der Waals surface area contributed by atoms with Gasteiger partial charge in [-0.25, -0.2) is 12.7 Å². The maximum Gasteiger partial charge on any atom is 0.269 e. The van der Waals surface area contributed by atoms with Crippen LogP contribution in [0, 0.1) is 0 Å². The number of hydrogen-bond acceptors (Lipinski definition) is 4. The van der Waals surface area contributed by atoms with Gasteiger partial charge in [0.2, 0.25) is 0 Å². The molecule has 32 heavy (non-hydrogen) atoms. The van der Waals surface area contributed by atoms with Crippen LogP contribution in [0.2, 0.25) is 5.02 Å². The van der Waals surface area contributed by atoms with Gasteiger partial charge < -0.3 is 5.32 Å². The molecule has 0 bridgehead atoms. The topological polar surface area (TPSA) is 83.6 Å². The minimum atomic E-state index is -4.00. The van der Waals surface area contributed by atoms with Crippen molar-refractivity contribution in [3.63, 3.8) is 0 Å². The van der Waals surface area contributed by atoms with Gasteiger partial charge in [-0.3, -0.25) is 9.59 Å². The molecule has 6 nitrogen and oxygen atoms in total. The van der Waals surface area contributed by atoms with E-state index < -0.39 is 33.9 Å². The molecule has 0 aliphatic carbocycles. The monoisotopic (exact) mass is 468 g/mol. The van der Waals surface area contributed by atoms with Crippen LogP contribution in [0.1, 0.15) is 51.7 Å². The molecule has 0 spiro atoms. The van der Waals surface area contributed by atoms with Crippen LogP contribution in [0.4, 0.5) is 0 Å². The molecule has 3 aromatic rings. The van der Waals surface area contributed by atoms with E-state index in [-0.39, 0.29) is 16.0 Å². The number of carbonyl (C=O) groups excluding carboxylic acids is 2. The maximum atomic E-state index is 13.2. The van der Waals surface area contributed by atoms with Crippen molar-refractivity contribution in [3.05, 3.63) is 100 Å². The van der Waals surface area contributed by atoms with E-state index in [9.17, 15) is 18.0 Å². The van der Waals surface area contributed by atoms with Crippen molar-refractivity contribution in [2.45, 2.75) is 30.8 Å². The highest BCUT2D eigenvalue weighted by atomic mass is 35.5. The van der Waals surface area contributed by atoms with Gasteiger partial charge in [-0.15, -0.1) is 0 Å². The van der Waals surface area contributed by atoms with Crippen molar-refractivity contribution in [2.75, 3.05) is 0 Å². The molecule has 0 radical (unpaired) electrons. The van der Waals surface area contributed by atoms with Gasteiger partial charge in [0.25, 0.3) is 21.8 Å². The SMILES string of the molecule is CC(C)N1C(=O)c2ccc(C(=O)NC(c3ccccc3)c3cccc(Cl)c3)cc2S1(=O)=O. The Morgan fingerprint density at radius 3 is 2.28 bits per heavy atom. The predicted molar refractivity (Wildman–Crippen MR) is 122 cm³/mol. The third-order valence-corrected chi connectivity index (χ3v) is 7.50. The lowest BCUT2D eigenvalue weighted by Crippen LogP contribution is -2.36. The summed E-state index contributed by atoms with van der Waals surface area (Å²) in [4.78, 5) is 25.6. The molecular weight excluding hydrogens is 448 g/mol. The normalized spacial score (nSPS) is 15.5. The molecule has 1 heterocycles. The maximum absolute atomic E-state index is 13.2. The van der Waals surface area contributed by atoms with Gasteiger partial charge in [-0.2, -0.15) is 0 Å². The average Bonchev–Trinajstić information content (AvgIpc) is 2.97. The Morgan fingerprint density at radius 1 is 0.938 bits per heavy atom. The number of benzene rings is 3. The van der Waals surface area contributed by atoms with Crippen molar-refractivity contribution in [2.24, 2.45) is 0 Å². The van der Waals surface area contributed by atoms with Gasteiger partial charge in [-0.05, 0) is 55.3 Å². The molecule has 1 atom stereocenters. The molecule has 0 aromatic heterocycles. The second-order valence-electron chi connectivity index (χ2n) is 7.78. The molecule has 8 heteroatoms. The molecule has 4 rings (SSSR count). The highest BCUT2D eigenvalue weighted by Crippen LogP contribution is 2.33. The lowest BCUT2D eigenvalue weighted by Gasteiger charge is -2.20. The Bertz CT molecular complexity index is 1310. The van der Waals surface area contributed by atoms with E-state index in [0.29, 0.717) is 5.02 Å².